The fourth-order valence-corrected chi connectivity index (χ4v) is 1.62. The SMILES string of the molecule is C=C(c1ccccc1)c1ccc(C(=O)O)cc1. The van der Waals surface area contributed by atoms with Gasteiger partial charge in [0, 0.05) is 0 Å². The monoisotopic (exact) mass is 224 g/mol. The summed E-state index contributed by atoms with van der Waals surface area (Å²) in [7, 11) is 0. The summed E-state index contributed by atoms with van der Waals surface area (Å²) in [6, 6.07) is 16.5. The third-order valence-electron chi connectivity index (χ3n) is 2.60. The van der Waals surface area contributed by atoms with Gasteiger partial charge in [0.15, 0.2) is 0 Å². The molecule has 0 aromatic heterocycles. The molecule has 0 aliphatic carbocycles. The maximum Gasteiger partial charge on any atom is 0.335 e. The van der Waals surface area contributed by atoms with E-state index in [1.165, 1.54) is 0 Å². The summed E-state index contributed by atoms with van der Waals surface area (Å²) >= 11 is 0. The Hall–Kier alpha value is -2.35. The van der Waals surface area contributed by atoms with Crippen molar-refractivity contribution in [1.29, 1.82) is 0 Å². The summed E-state index contributed by atoms with van der Waals surface area (Å²) in [5, 5.41) is 8.81. The second-order valence-corrected chi connectivity index (χ2v) is 3.73. The maximum absolute atomic E-state index is 10.7. The lowest BCUT2D eigenvalue weighted by atomic mass is 9.99. The van der Waals surface area contributed by atoms with Crippen molar-refractivity contribution >= 4 is 11.5 Å². The van der Waals surface area contributed by atoms with Crippen molar-refractivity contribution in [3.63, 3.8) is 0 Å². The molecule has 2 rings (SSSR count). The Balaban J connectivity index is 2.30. The molecule has 84 valence electrons. The van der Waals surface area contributed by atoms with Crippen LogP contribution < -0.4 is 0 Å². The van der Waals surface area contributed by atoms with Crippen LogP contribution in [0.3, 0.4) is 0 Å². The Bertz CT molecular complexity index is 539. The smallest absolute Gasteiger partial charge is 0.335 e. The topological polar surface area (TPSA) is 37.3 Å². The maximum atomic E-state index is 10.7. The highest BCUT2D eigenvalue weighted by Gasteiger charge is 2.04. The largest absolute Gasteiger partial charge is 0.478 e. The zero-order valence-corrected chi connectivity index (χ0v) is 9.26. The lowest BCUT2D eigenvalue weighted by Gasteiger charge is -2.06. The van der Waals surface area contributed by atoms with Crippen LogP contribution in [0.15, 0.2) is 61.2 Å². The zero-order chi connectivity index (χ0) is 12.3. The van der Waals surface area contributed by atoms with E-state index >= 15 is 0 Å². The third kappa shape index (κ3) is 2.42. The molecule has 0 radical (unpaired) electrons. The fraction of sp³-hybridized carbons (Fsp3) is 0. The average molecular weight is 224 g/mol. The van der Waals surface area contributed by atoms with E-state index in [1.54, 1.807) is 24.3 Å². The molecule has 0 saturated carbocycles. The van der Waals surface area contributed by atoms with Crippen LogP contribution in [0, 0.1) is 0 Å². The first-order chi connectivity index (χ1) is 8.18. The van der Waals surface area contributed by atoms with E-state index in [4.69, 9.17) is 5.11 Å². The molecule has 0 heterocycles. The Labute approximate surface area is 99.8 Å². The summed E-state index contributed by atoms with van der Waals surface area (Å²) in [5.74, 6) is -0.915. The van der Waals surface area contributed by atoms with Gasteiger partial charge in [0.1, 0.15) is 0 Å². The van der Waals surface area contributed by atoms with E-state index in [0.717, 1.165) is 16.7 Å². The van der Waals surface area contributed by atoms with Gasteiger partial charge in [-0.3, -0.25) is 0 Å². The van der Waals surface area contributed by atoms with Gasteiger partial charge >= 0.3 is 5.97 Å². The van der Waals surface area contributed by atoms with Crippen LogP contribution in [0.5, 0.6) is 0 Å². The lowest BCUT2D eigenvalue weighted by Crippen LogP contribution is -1.96. The first kappa shape index (κ1) is 11.1. The van der Waals surface area contributed by atoms with Gasteiger partial charge in [0.2, 0.25) is 0 Å². The lowest BCUT2D eigenvalue weighted by molar-refractivity contribution is 0.0697. The summed E-state index contributed by atoms with van der Waals surface area (Å²) in [6.45, 7) is 4.02. The minimum absolute atomic E-state index is 0.287. The molecule has 0 unspecified atom stereocenters. The van der Waals surface area contributed by atoms with Crippen LogP contribution in [-0.2, 0) is 0 Å². The van der Waals surface area contributed by atoms with Crippen LogP contribution in [-0.4, -0.2) is 11.1 Å². The fourth-order valence-electron chi connectivity index (χ4n) is 1.62. The van der Waals surface area contributed by atoms with Gasteiger partial charge in [0.05, 0.1) is 5.56 Å². The second kappa shape index (κ2) is 4.66. The Morgan fingerprint density at radius 1 is 0.824 bits per heavy atom. The Morgan fingerprint density at radius 3 is 1.82 bits per heavy atom. The van der Waals surface area contributed by atoms with Crippen LogP contribution in [0.1, 0.15) is 21.5 Å². The molecule has 2 aromatic carbocycles. The Morgan fingerprint density at radius 2 is 1.29 bits per heavy atom. The summed E-state index contributed by atoms with van der Waals surface area (Å²) < 4.78 is 0. The van der Waals surface area contributed by atoms with Crippen molar-refractivity contribution in [1.82, 2.24) is 0 Å². The predicted octanol–water partition coefficient (Wildman–Crippen LogP) is 3.45. The zero-order valence-electron chi connectivity index (χ0n) is 9.26. The highest BCUT2D eigenvalue weighted by Crippen LogP contribution is 2.21. The third-order valence-corrected chi connectivity index (χ3v) is 2.60. The van der Waals surface area contributed by atoms with E-state index in [1.807, 2.05) is 30.3 Å². The molecule has 0 aliphatic rings. The van der Waals surface area contributed by atoms with Crippen LogP contribution >= 0.6 is 0 Å². The number of carboxylic acid groups (broad SMARTS) is 1. The molecule has 0 amide bonds. The highest BCUT2D eigenvalue weighted by molar-refractivity contribution is 5.88. The number of carboxylic acids is 1. The summed E-state index contributed by atoms with van der Waals surface area (Å²) in [4.78, 5) is 10.7. The first-order valence-electron chi connectivity index (χ1n) is 5.26. The molecule has 0 atom stereocenters. The number of aromatic carboxylic acids is 1. The molecule has 2 nitrogen and oxygen atoms in total. The number of hydrogen-bond acceptors (Lipinski definition) is 1. The van der Waals surface area contributed by atoms with Crippen molar-refractivity contribution in [2.24, 2.45) is 0 Å². The minimum atomic E-state index is -0.915. The molecule has 0 aliphatic heterocycles. The molecule has 0 saturated heterocycles. The van der Waals surface area contributed by atoms with E-state index in [2.05, 4.69) is 6.58 Å². The molecule has 0 spiro atoms. The van der Waals surface area contributed by atoms with Gasteiger partial charge in [-0.15, -0.1) is 0 Å². The molecule has 2 aromatic rings. The number of benzene rings is 2. The van der Waals surface area contributed by atoms with Gasteiger partial charge in [-0.25, -0.2) is 4.79 Å². The summed E-state index contributed by atoms with van der Waals surface area (Å²) in [6.07, 6.45) is 0. The van der Waals surface area contributed by atoms with Gasteiger partial charge < -0.3 is 5.11 Å². The van der Waals surface area contributed by atoms with Gasteiger partial charge in [-0.2, -0.15) is 0 Å². The quantitative estimate of drug-likeness (QED) is 0.867. The highest BCUT2D eigenvalue weighted by atomic mass is 16.4. The molecule has 17 heavy (non-hydrogen) atoms. The number of hydrogen-bond donors (Lipinski definition) is 1. The molecular weight excluding hydrogens is 212 g/mol. The molecular formula is C15H12O2. The van der Waals surface area contributed by atoms with E-state index in [9.17, 15) is 4.79 Å². The predicted molar refractivity (Wildman–Crippen MR) is 68.0 cm³/mol. The van der Waals surface area contributed by atoms with Crippen molar-refractivity contribution in [3.8, 4) is 0 Å². The van der Waals surface area contributed by atoms with Crippen LogP contribution in [0.2, 0.25) is 0 Å². The minimum Gasteiger partial charge on any atom is -0.478 e. The van der Waals surface area contributed by atoms with Crippen LogP contribution in [0.4, 0.5) is 0 Å². The van der Waals surface area contributed by atoms with Gasteiger partial charge in [0.25, 0.3) is 0 Å². The normalized spacial score (nSPS) is 9.88. The Kier molecular flexibility index (Phi) is 3.06. The van der Waals surface area contributed by atoms with Gasteiger partial charge in [-0.05, 0) is 28.8 Å². The molecule has 0 bridgehead atoms. The van der Waals surface area contributed by atoms with Crippen molar-refractivity contribution < 1.29 is 9.90 Å². The van der Waals surface area contributed by atoms with Crippen molar-refractivity contribution in [2.75, 3.05) is 0 Å². The van der Waals surface area contributed by atoms with E-state index in [-0.39, 0.29) is 5.56 Å². The van der Waals surface area contributed by atoms with Crippen molar-refractivity contribution in [2.45, 2.75) is 0 Å². The standard InChI is InChI=1S/C15H12O2/c1-11(12-5-3-2-4-6-12)13-7-9-14(10-8-13)15(16)17/h2-10H,1H2,(H,16,17). The summed E-state index contributed by atoms with van der Waals surface area (Å²) in [5.41, 5.74) is 3.15. The van der Waals surface area contributed by atoms with E-state index in [0.29, 0.717) is 0 Å². The molecule has 1 N–H and O–H groups in total. The number of carbonyl (C=O) groups is 1. The number of rotatable bonds is 3. The average Bonchev–Trinajstić information content (AvgIpc) is 2.39. The first-order valence-corrected chi connectivity index (χ1v) is 5.26. The second-order valence-electron chi connectivity index (χ2n) is 3.73. The van der Waals surface area contributed by atoms with Gasteiger partial charge in [-0.1, -0.05) is 49.0 Å². The molecule has 0 fully saturated rings. The molecule has 2 heteroatoms. The van der Waals surface area contributed by atoms with Crippen LogP contribution in [0.25, 0.3) is 5.57 Å². The van der Waals surface area contributed by atoms with E-state index < -0.39 is 5.97 Å². The van der Waals surface area contributed by atoms with Crippen molar-refractivity contribution in [3.05, 3.63) is 77.9 Å².